The van der Waals surface area contributed by atoms with Gasteiger partial charge in [0, 0.05) is 0 Å². The summed E-state index contributed by atoms with van der Waals surface area (Å²) >= 11 is 4.11. The molecule has 0 unspecified atom stereocenters. The van der Waals surface area contributed by atoms with E-state index in [-0.39, 0.29) is 5.69 Å². The van der Waals surface area contributed by atoms with E-state index in [1.807, 2.05) is 6.92 Å². The van der Waals surface area contributed by atoms with Crippen LogP contribution in [-0.4, -0.2) is 24.4 Å². The molecule has 1 heterocycles. The minimum absolute atomic E-state index is 0.272. The molecule has 1 amide bonds. The first-order valence-electron chi connectivity index (χ1n) is 8.11. The average molecular weight is 612 g/mol. The molecule has 9 heteroatoms. The van der Waals surface area contributed by atoms with Gasteiger partial charge in [-0.1, -0.05) is 18.2 Å². The Hall–Kier alpha value is -1.63. The Labute approximate surface area is 186 Å². The van der Waals surface area contributed by atoms with Crippen LogP contribution in [0.15, 0.2) is 53.1 Å². The fourth-order valence-corrected chi connectivity index (χ4v) is 4.74. The van der Waals surface area contributed by atoms with Gasteiger partial charge >= 0.3 is 6.18 Å². The summed E-state index contributed by atoms with van der Waals surface area (Å²) in [5.41, 5.74) is -0.965. The van der Waals surface area contributed by atoms with E-state index in [9.17, 15) is 18.0 Å². The van der Waals surface area contributed by atoms with Crippen LogP contribution >= 0.6 is 45.2 Å². The largest absolute Gasteiger partial charge is 0.492 e. The maximum absolute atomic E-state index is 13.5. The third-order valence-electron chi connectivity index (χ3n) is 3.77. The normalized spacial score (nSPS) is 15.9. The quantitative estimate of drug-likeness (QED) is 0.332. The smallest absolute Gasteiger partial charge is 0.435 e. The van der Waals surface area contributed by atoms with E-state index in [0.717, 1.165) is 12.1 Å². The molecule has 2 aromatic carbocycles. The number of nitrogens with zero attached hydrogens (tertiary/aromatic N) is 2. The molecule has 1 aliphatic rings. The molecule has 0 atom stereocenters. The summed E-state index contributed by atoms with van der Waals surface area (Å²) < 4.78 is 47.6. The van der Waals surface area contributed by atoms with Crippen molar-refractivity contribution in [2.75, 3.05) is 11.6 Å². The van der Waals surface area contributed by atoms with Gasteiger partial charge in [0.15, 0.2) is 5.71 Å². The molecular formula is C19H13F3I2N2O2. The minimum atomic E-state index is -4.75. The van der Waals surface area contributed by atoms with Crippen LogP contribution in [0.25, 0.3) is 6.08 Å². The zero-order chi connectivity index (χ0) is 20.5. The summed E-state index contributed by atoms with van der Waals surface area (Å²) in [5.74, 6) is -0.156. The number of alkyl halides is 3. The van der Waals surface area contributed by atoms with Crippen LogP contribution in [0.4, 0.5) is 18.9 Å². The van der Waals surface area contributed by atoms with Gasteiger partial charge in [0.1, 0.15) is 5.75 Å². The number of carbonyl (C=O) groups excluding carboxylic acids is 1. The topological polar surface area (TPSA) is 41.9 Å². The lowest BCUT2D eigenvalue weighted by Gasteiger charge is -2.11. The lowest BCUT2D eigenvalue weighted by molar-refractivity contribution is -0.114. The lowest BCUT2D eigenvalue weighted by Crippen LogP contribution is -2.25. The van der Waals surface area contributed by atoms with E-state index in [1.54, 1.807) is 30.3 Å². The average Bonchev–Trinajstić information content (AvgIpc) is 2.96. The molecule has 0 fully saturated rings. The second kappa shape index (κ2) is 8.39. The van der Waals surface area contributed by atoms with Gasteiger partial charge in [0.05, 0.1) is 25.0 Å². The van der Waals surface area contributed by atoms with Gasteiger partial charge in [-0.2, -0.15) is 23.3 Å². The number of hydrogen-bond acceptors (Lipinski definition) is 3. The summed E-state index contributed by atoms with van der Waals surface area (Å²) in [5, 5.41) is 4.34. The van der Waals surface area contributed by atoms with Gasteiger partial charge < -0.3 is 4.74 Å². The van der Waals surface area contributed by atoms with Gasteiger partial charge in [-0.3, -0.25) is 4.79 Å². The van der Waals surface area contributed by atoms with Crippen LogP contribution in [0.3, 0.4) is 0 Å². The molecule has 0 aromatic heterocycles. The van der Waals surface area contributed by atoms with Crippen molar-refractivity contribution in [3.05, 3.63) is 60.7 Å². The molecule has 0 radical (unpaired) electrons. The van der Waals surface area contributed by atoms with Gasteiger partial charge in [-0.25, -0.2) is 0 Å². The summed E-state index contributed by atoms with van der Waals surface area (Å²) in [6.07, 6.45) is -3.53. The first-order chi connectivity index (χ1) is 13.2. The third-order valence-corrected chi connectivity index (χ3v) is 5.37. The van der Waals surface area contributed by atoms with Crippen molar-refractivity contribution < 1.29 is 22.7 Å². The highest BCUT2D eigenvalue weighted by atomic mass is 127. The van der Waals surface area contributed by atoms with Crippen LogP contribution < -0.4 is 9.75 Å². The van der Waals surface area contributed by atoms with E-state index >= 15 is 0 Å². The Kier molecular flexibility index (Phi) is 6.32. The first-order valence-corrected chi connectivity index (χ1v) is 10.3. The van der Waals surface area contributed by atoms with E-state index in [4.69, 9.17) is 4.74 Å². The summed E-state index contributed by atoms with van der Waals surface area (Å²) in [7, 11) is 0. The summed E-state index contributed by atoms with van der Waals surface area (Å²) in [6.45, 7) is 2.32. The van der Waals surface area contributed by atoms with Crippen LogP contribution in [0.2, 0.25) is 0 Å². The van der Waals surface area contributed by atoms with Gasteiger partial charge in [0.25, 0.3) is 5.91 Å². The number of para-hydroxylation sites is 1. The number of halogens is 5. The van der Waals surface area contributed by atoms with E-state index < -0.39 is 23.4 Å². The molecule has 0 N–H and O–H groups in total. The number of benzene rings is 2. The fraction of sp³-hybridized carbons (Fsp3) is 0.158. The van der Waals surface area contributed by atoms with Crippen LogP contribution in [-0.2, 0) is 4.79 Å². The Balaban J connectivity index is 2.07. The predicted molar refractivity (Wildman–Crippen MR) is 118 cm³/mol. The Morgan fingerprint density at radius 1 is 1.14 bits per heavy atom. The van der Waals surface area contributed by atoms with Crippen LogP contribution in [0, 0.1) is 7.14 Å². The third kappa shape index (κ3) is 4.34. The molecule has 0 aliphatic carbocycles. The summed E-state index contributed by atoms with van der Waals surface area (Å²) in [4.78, 5) is 12.7. The number of ether oxygens (including phenoxy) is 1. The highest BCUT2D eigenvalue weighted by molar-refractivity contribution is 14.1. The highest BCUT2D eigenvalue weighted by Crippen LogP contribution is 2.34. The molecule has 0 spiro atoms. The Bertz CT molecular complexity index is 950. The number of anilines is 1. The molecule has 28 heavy (non-hydrogen) atoms. The van der Waals surface area contributed by atoms with Gasteiger partial charge in [-0.15, -0.1) is 0 Å². The van der Waals surface area contributed by atoms with Crippen LogP contribution in [0.5, 0.6) is 5.75 Å². The first kappa shape index (κ1) is 21.1. The molecule has 0 saturated carbocycles. The molecule has 0 saturated heterocycles. The number of hydrogen-bond donors (Lipinski definition) is 0. The predicted octanol–water partition coefficient (Wildman–Crippen LogP) is 5.64. The maximum Gasteiger partial charge on any atom is 0.435 e. The highest BCUT2D eigenvalue weighted by Gasteiger charge is 2.46. The maximum atomic E-state index is 13.5. The van der Waals surface area contributed by atoms with Crippen molar-refractivity contribution >= 4 is 68.6 Å². The van der Waals surface area contributed by atoms with Crippen molar-refractivity contribution in [1.82, 2.24) is 0 Å². The van der Waals surface area contributed by atoms with Crippen molar-refractivity contribution in [3.63, 3.8) is 0 Å². The molecule has 3 rings (SSSR count). The molecule has 4 nitrogen and oxygen atoms in total. The number of rotatable bonds is 4. The van der Waals surface area contributed by atoms with E-state index in [0.29, 0.717) is 17.9 Å². The number of hydrazone groups is 1. The molecule has 146 valence electrons. The minimum Gasteiger partial charge on any atom is -0.492 e. The van der Waals surface area contributed by atoms with Crippen LogP contribution in [0.1, 0.15) is 12.5 Å². The molecule has 0 bridgehead atoms. The van der Waals surface area contributed by atoms with Crippen molar-refractivity contribution in [2.45, 2.75) is 13.1 Å². The van der Waals surface area contributed by atoms with E-state index in [1.165, 1.54) is 18.2 Å². The fourth-order valence-electron chi connectivity index (χ4n) is 2.61. The standard InChI is InChI=1S/C19H13F3I2N2O2/c1-2-28-16-14(23)9-11(10-15(16)24)8-13-17(19(20,21)22)25-26(18(13)27)12-6-4-3-5-7-12/h3-10H,2H2,1H3/b13-8-. The Morgan fingerprint density at radius 3 is 2.29 bits per heavy atom. The van der Waals surface area contributed by atoms with Gasteiger partial charge in [0.2, 0.25) is 0 Å². The lowest BCUT2D eigenvalue weighted by atomic mass is 10.1. The van der Waals surface area contributed by atoms with Crippen molar-refractivity contribution in [3.8, 4) is 5.75 Å². The number of amides is 1. The molecule has 2 aromatic rings. The second-order valence-electron chi connectivity index (χ2n) is 5.70. The SMILES string of the molecule is CCOc1c(I)cc(/C=C2\C(=O)N(c3ccccc3)N=C2C(F)(F)F)cc1I. The zero-order valence-corrected chi connectivity index (χ0v) is 18.7. The second-order valence-corrected chi connectivity index (χ2v) is 8.03. The number of carbonyl (C=O) groups is 1. The monoisotopic (exact) mass is 612 g/mol. The summed E-state index contributed by atoms with van der Waals surface area (Å²) in [6, 6.07) is 11.4. The molecule has 1 aliphatic heterocycles. The van der Waals surface area contributed by atoms with Crippen molar-refractivity contribution in [1.29, 1.82) is 0 Å². The van der Waals surface area contributed by atoms with Gasteiger partial charge in [-0.05, 0) is 88.0 Å². The zero-order valence-electron chi connectivity index (χ0n) is 14.4. The van der Waals surface area contributed by atoms with E-state index in [2.05, 4.69) is 50.3 Å². The Morgan fingerprint density at radius 2 is 1.75 bits per heavy atom. The molecular weight excluding hydrogens is 599 g/mol. The van der Waals surface area contributed by atoms with Crippen molar-refractivity contribution in [2.24, 2.45) is 5.10 Å².